The zero-order valence-corrected chi connectivity index (χ0v) is 78.4. The minimum absolute atomic E-state index is 0.109. The van der Waals surface area contributed by atoms with Crippen LogP contribution in [0.4, 0.5) is 0 Å². The van der Waals surface area contributed by atoms with Crippen molar-refractivity contribution in [3.63, 3.8) is 0 Å². The van der Waals surface area contributed by atoms with E-state index in [1.165, 1.54) is 88.7 Å². The van der Waals surface area contributed by atoms with Gasteiger partial charge in [-0.2, -0.15) is 0 Å². The SMILES string of the molecule is CC1(C)c2ccccc2-c2cccc(-c3cccc(-c4cc(-c5ccc(-c6ccccc6)cc5)nc(-c5ccc(-c6ccncc6)cc5)n4)c3)c21.c1ccc(-c2ccc(-c3cc(-c4cccc(-c5ccc(-c6nc7ccccc7n6-c6ccccc6)cc5)c4)nc(-c4cccs4)n3)cc2)cc1.c1ccc(-c2ccc(-c3cc(-c4cccc(-c5ccc6ccccc6c5)c4)nc(-c4cccs4)n3)cc2)cc1. The number of benzene rings is 17. The number of hydrogen-bond donors (Lipinski definition) is 0. The Kier molecular flexibility index (Phi) is 23.8. The van der Waals surface area contributed by atoms with Gasteiger partial charge in [0.1, 0.15) is 5.82 Å². The number of fused-ring (bicyclic) bond motifs is 5. The third-order valence-electron chi connectivity index (χ3n) is 26.2. The lowest BCUT2D eigenvalue weighted by Gasteiger charge is -2.24. The van der Waals surface area contributed by atoms with E-state index in [1.807, 2.05) is 67.0 Å². The molecular formula is C129H89N9S2. The molecule has 17 aromatic carbocycles. The van der Waals surface area contributed by atoms with Gasteiger partial charge in [0.05, 0.1) is 55.0 Å². The normalized spacial score (nSPS) is 11.7. The predicted octanol–water partition coefficient (Wildman–Crippen LogP) is 34.1. The Labute approximate surface area is 822 Å². The molecule has 25 rings (SSSR count). The quantitative estimate of drug-likeness (QED) is 0.0836. The van der Waals surface area contributed by atoms with Crippen molar-refractivity contribution in [2.24, 2.45) is 0 Å². The lowest BCUT2D eigenvalue weighted by atomic mass is 9.78. The lowest BCUT2D eigenvalue weighted by Crippen LogP contribution is -2.16. The van der Waals surface area contributed by atoms with Crippen LogP contribution in [0.1, 0.15) is 25.0 Å². The summed E-state index contributed by atoms with van der Waals surface area (Å²) in [5.41, 5.74) is 38.6. The topological polar surface area (TPSA) is 108 Å². The summed E-state index contributed by atoms with van der Waals surface area (Å²) in [4.78, 5) is 41.8. The minimum Gasteiger partial charge on any atom is -0.292 e. The van der Waals surface area contributed by atoms with Crippen LogP contribution in [0.15, 0.2) is 502 Å². The van der Waals surface area contributed by atoms with Crippen molar-refractivity contribution >= 4 is 44.5 Å². The van der Waals surface area contributed by atoms with Gasteiger partial charge in [0.2, 0.25) is 0 Å². The highest BCUT2D eigenvalue weighted by atomic mass is 32.1. The molecule has 1 aliphatic carbocycles. The standard InChI is InChI=1S/C48H35N3.C45H30N4S.C36H24N2S/c1-48(2)43-17-7-6-14-41(43)42-16-9-15-40(46(42)48)38-12-8-13-39(30-38)45-31-44(36-22-18-33(19-23-36)32-10-4-3-5-11-32)50-47(51-45)37-24-20-34(21-25-37)35-26-28-49-29-27-35;1-3-11-31(12-4-1)32-20-24-34(25-21-32)40-30-41(47-44(46-40)43-19-10-28-50-43)37-14-9-13-36(29-37)33-22-26-35(27-23-33)45-48-39-17-7-8-18-42(39)49(45)38-15-5-2-6-16-38;1-2-8-25(9-3-1)27-15-18-28(19-16-27)33-24-34(38-36(37-33)35-14-7-21-39-35)32-13-6-12-30(23-32)31-20-17-26-10-4-5-11-29(26)22-31/h3-31H,1-2H3;1-30H;1-24H. The van der Waals surface area contributed by atoms with Crippen LogP contribution in [0.25, 0.3) is 228 Å². The lowest BCUT2D eigenvalue weighted by molar-refractivity contribution is 0.662. The summed E-state index contributed by atoms with van der Waals surface area (Å²) in [6.07, 6.45) is 3.64. The molecule has 140 heavy (non-hydrogen) atoms. The first-order valence-corrected chi connectivity index (χ1v) is 48.8. The number of nitrogens with zero attached hydrogens (tertiary/aromatic N) is 9. The Morgan fingerprint density at radius 3 is 1.06 bits per heavy atom. The van der Waals surface area contributed by atoms with Crippen LogP contribution in [-0.2, 0) is 5.41 Å². The monoisotopic (exact) mass is 1830 g/mol. The largest absolute Gasteiger partial charge is 0.292 e. The van der Waals surface area contributed by atoms with Crippen molar-refractivity contribution in [2.75, 3.05) is 0 Å². The smallest absolute Gasteiger partial charge is 0.170 e. The molecule has 0 aliphatic heterocycles. The zero-order chi connectivity index (χ0) is 93.7. The molecule has 0 N–H and O–H groups in total. The fourth-order valence-electron chi connectivity index (χ4n) is 19.0. The molecule has 0 fully saturated rings. The highest BCUT2D eigenvalue weighted by Crippen LogP contribution is 2.53. The summed E-state index contributed by atoms with van der Waals surface area (Å²) in [5, 5.41) is 6.62. The van der Waals surface area contributed by atoms with Crippen LogP contribution >= 0.6 is 22.7 Å². The van der Waals surface area contributed by atoms with Crippen molar-refractivity contribution in [1.82, 2.24) is 44.4 Å². The van der Waals surface area contributed by atoms with Gasteiger partial charge >= 0.3 is 0 Å². The zero-order valence-electron chi connectivity index (χ0n) is 76.8. The van der Waals surface area contributed by atoms with Crippen LogP contribution in [0.3, 0.4) is 0 Å². The molecule has 7 aromatic heterocycles. The maximum absolute atomic E-state index is 5.21. The number of hydrogen-bond acceptors (Lipinski definition) is 10. The van der Waals surface area contributed by atoms with Crippen molar-refractivity contribution in [2.45, 2.75) is 19.3 Å². The third kappa shape index (κ3) is 18.0. The van der Waals surface area contributed by atoms with Crippen LogP contribution < -0.4 is 0 Å². The molecule has 11 heteroatoms. The van der Waals surface area contributed by atoms with Crippen molar-refractivity contribution in [3.05, 3.63) is 514 Å². The van der Waals surface area contributed by atoms with Gasteiger partial charge in [-0.15, -0.1) is 22.7 Å². The number of rotatable bonds is 18. The molecule has 0 atom stereocenters. The van der Waals surface area contributed by atoms with Crippen LogP contribution in [-0.4, -0.2) is 44.4 Å². The first kappa shape index (κ1) is 86.4. The molecule has 0 saturated carbocycles. The fraction of sp³-hybridized carbons (Fsp3) is 0.0233. The Bertz CT molecular complexity index is 8450. The third-order valence-corrected chi connectivity index (χ3v) is 27.9. The van der Waals surface area contributed by atoms with E-state index in [-0.39, 0.29) is 5.41 Å². The second-order valence-electron chi connectivity index (χ2n) is 35.4. The fourth-order valence-corrected chi connectivity index (χ4v) is 20.3. The van der Waals surface area contributed by atoms with Crippen LogP contribution in [0.2, 0.25) is 0 Å². The Balaban J connectivity index is 0.000000118. The van der Waals surface area contributed by atoms with E-state index < -0.39 is 0 Å². The van der Waals surface area contributed by atoms with E-state index in [4.69, 9.17) is 34.9 Å². The number of aromatic nitrogens is 9. The maximum atomic E-state index is 5.21. The summed E-state index contributed by atoms with van der Waals surface area (Å²) >= 11 is 3.31. The first-order valence-electron chi connectivity index (χ1n) is 47.0. The second kappa shape index (κ2) is 38.6. The van der Waals surface area contributed by atoms with Crippen molar-refractivity contribution in [1.29, 1.82) is 0 Å². The minimum atomic E-state index is -0.109. The first-order chi connectivity index (χ1) is 69.1. The van der Waals surface area contributed by atoms with Crippen LogP contribution in [0, 0.1) is 0 Å². The molecule has 0 unspecified atom stereocenters. The van der Waals surface area contributed by atoms with E-state index >= 15 is 0 Å². The van der Waals surface area contributed by atoms with E-state index in [0.717, 1.165) is 145 Å². The van der Waals surface area contributed by atoms with E-state index in [2.05, 4.69) is 459 Å². The summed E-state index contributed by atoms with van der Waals surface area (Å²) in [7, 11) is 0. The Morgan fingerprint density at radius 1 is 0.214 bits per heavy atom. The molecule has 0 saturated heterocycles. The van der Waals surface area contributed by atoms with Crippen LogP contribution in [0.5, 0.6) is 0 Å². The molecule has 0 radical (unpaired) electrons. The molecule has 24 aromatic rings. The van der Waals surface area contributed by atoms with Gasteiger partial charge in [-0.1, -0.05) is 402 Å². The Hall–Kier alpha value is -17.7. The molecule has 662 valence electrons. The van der Waals surface area contributed by atoms with Gasteiger partial charge in [-0.3, -0.25) is 9.55 Å². The molecule has 0 amide bonds. The number of imidazole rings is 1. The summed E-state index contributed by atoms with van der Waals surface area (Å²) in [5.74, 6) is 3.10. The van der Waals surface area contributed by atoms with Gasteiger partial charge in [-0.25, -0.2) is 34.9 Å². The number of para-hydroxylation sites is 3. The highest BCUT2D eigenvalue weighted by molar-refractivity contribution is 7.13. The molecule has 0 spiro atoms. The average Bonchev–Trinajstić information content (AvgIpc) is 1.57. The molecule has 1 aliphatic rings. The van der Waals surface area contributed by atoms with Gasteiger partial charge in [0.15, 0.2) is 17.5 Å². The molecule has 0 bridgehead atoms. The summed E-state index contributed by atoms with van der Waals surface area (Å²) in [6, 6.07) is 169. The maximum Gasteiger partial charge on any atom is 0.170 e. The summed E-state index contributed by atoms with van der Waals surface area (Å²) in [6.45, 7) is 4.69. The van der Waals surface area contributed by atoms with E-state index in [1.54, 1.807) is 22.7 Å². The Morgan fingerprint density at radius 2 is 0.557 bits per heavy atom. The van der Waals surface area contributed by atoms with Crippen molar-refractivity contribution < 1.29 is 0 Å². The van der Waals surface area contributed by atoms with Gasteiger partial charge in [-0.05, 0) is 213 Å². The highest BCUT2D eigenvalue weighted by Gasteiger charge is 2.37. The predicted molar refractivity (Wildman–Crippen MR) is 582 cm³/mol. The second-order valence-corrected chi connectivity index (χ2v) is 37.3. The van der Waals surface area contributed by atoms with Crippen molar-refractivity contribution in [3.8, 4) is 206 Å². The summed E-state index contributed by atoms with van der Waals surface area (Å²) < 4.78 is 2.23. The number of thiophene rings is 2. The molecular weight excluding hydrogens is 1740 g/mol. The van der Waals surface area contributed by atoms with E-state index in [9.17, 15) is 0 Å². The number of pyridine rings is 1. The van der Waals surface area contributed by atoms with E-state index in [0.29, 0.717) is 5.82 Å². The average molecular weight is 1830 g/mol. The van der Waals surface area contributed by atoms with Gasteiger partial charge < -0.3 is 0 Å². The molecule has 7 heterocycles. The molecule has 9 nitrogen and oxygen atoms in total. The van der Waals surface area contributed by atoms with Gasteiger partial charge in [0, 0.05) is 68.0 Å². The van der Waals surface area contributed by atoms with Gasteiger partial charge in [0.25, 0.3) is 0 Å².